The lowest BCUT2D eigenvalue weighted by molar-refractivity contribution is -0.870. The van der Waals surface area contributed by atoms with Gasteiger partial charge in [0.05, 0.1) is 21.1 Å². The molecule has 0 aromatic heterocycles. The van der Waals surface area contributed by atoms with Crippen molar-refractivity contribution in [3.63, 3.8) is 0 Å². The van der Waals surface area contributed by atoms with Gasteiger partial charge in [0.15, 0.2) is 0 Å². The molecule has 0 unspecified atom stereocenters. The second kappa shape index (κ2) is 6.02. The molecule has 0 heterocycles. The molecule has 96 valence electrons. The average Bonchev–Trinajstić information content (AvgIpc) is 1.98. The molecule has 0 aliphatic heterocycles. The fourth-order valence-electron chi connectivity index (χ4n) is 0.675. The van der Waals surface area contributed by atoms with Crippen molar-refractivity contribution in [2.24, 2.45) is 0 Å². The van der Waals surface area contributed by atoms with Crippen molar-refractivity contribution in [2.45, 2.75) is 0 Å². The zero-order valence-corrected chi connectivity index (χ0v) is 10.5. The summed E-state index contributed by atoms with van der Waals surface area (Å²) >= 11 is 0. The second-order valence-corrected chi connectivity index (χ2v) is 5.82. The van der Waals surface area contributed by atoms with Gasteiger partial charge in [-0.15, -0.1) is 0 Å². The van der Waals surface area contributed by atoms with Crippen LogP contribution in [0.1, 0.15) is 0 Å². The monoisotopic (exact) mass is 256 g/mol. The summed E-state index contributed by atoms with van der Waals surface area (Å²) < 4.78 is 38.7. The Morgan fingerprint density at radius 2 is 1.69 bits per heavy atom. The van der Waals surface area contributed by atoms with E-state index < -0.39 is 28.6 Å². The summed E-state index contributed by atoms with van der Waals surface area (Å²) in [5, 5.41) is 0. The third-order valence-electron chi connectivity index (χ3n) is 1.54. The lowest BCUT2D eigenvalue weighted by Gasteiger charge is -2.23. The summed E-state index contributed by atoms with van der Waals surface area (Å²) in [6, 6.07) is 0. The first-order valence-corrected chi connectivity index (χ1v) is 6.26. The summed E-state index contributed by atoms with van der Waals surface area (Å²) in [6.07, 6.45) is -0.933. The molecular formula is C8H18NO6S+. The van der Waals surface area contributed by atoms with E-state index in [1.165, 1.54) is 0 Å². The van der Waals surface area contributed by atoms with Crippen LogP contribution in [-0.4, -0.2) is 70.3 Å². The van der Waals surface area contributed by atoms with Crippen molar-refractivity contribution >= 4 is 16.3 Å². The number of hydrogen-bond acceptors (Lipinski definition) is 5. The van der Waals surface area contributed by atoms with Gasteiger partial charge in [0, 0.05) is 0 Å². The van der Waals surface area contributed by atoms with Crippen LogP contribution in [0.5, 0.6) is 0 Å². The van der Waals surface area contributed by atoms with Crippen molar-refractivity contribution in [1.82, 2.24) is 0 Å². The summed E-state index contributed by atoms with van der Waals surface area (Å²) in [4.78, 5) is 10.9. The van der Waals surface area contributed by atoms with Crippen molar-refractivity contribution in [2.75, 3.05) is 46.7 Å². The Kier molecular flexibility index (Phi) is 5.70. The first-order valence-electron chi connectivity index (χ1n) is 4.65. The lowest BCUT2D eigenvalue weighted by Crippen LogP contribution is -2.38. The molecule has 0 saturated heterocycles. The van der Waals surface area contributed by atoms with E-state index in [-0.39, 0.29) is 6.61 Å². The maximum absolute atomic E-state index is 10.9. The Labute approximate surface area is 95.3 Å². The van der Waals surface area contributed by atoms with Gasteiger partial charge < -0.3 is 14.0 Å². The Morgan fingerprint density at radius 1 is 1.19 bits per heavy atom. The molecule has 0 rings (SSSR count). The topological polar surface area (TPSA) is 89.9 Å². The fraction of sp³-hybridized carbons (Fsp3) is 0.875. The molecular weight excluding hydrogens is 238 g/mol. The Hall–Kier alpha value is -0.860. The zero-order chi connectivity index (χ0) is 12.8. The van der Waals surface area contributed by atoms with Gasteiger partial charge in [-0.25, -0.2) is 4.79 Å². The van der Waals surface area contributed by atoms with Crippen molar-refractivity contribution in [1.29, 1.82) is 0 Å². The van der Waals surface area contributed by atoms with Crippen molar-refractivity contribution in [3.8, 4) is 0 Å². The number of carbonyl (C=O) groups is 1. The highest BCUT2D eigenvalue weighted by Gasteiger charge is 2.11. The van der Waals surface area contributed by atoms with Crippen LogP contribution in [0, 0.1) is 0 Å². The van der Waals surface area contributed by atoms with E-state index in [1.807, 2.05) is 21.1 Å². The molecule has 1 N–H and O–H groups in total. The van der Waals surface area contributed by atoms with Gasteiger partial charge >= 0.3 is 6.16 Å². The smallest absolute Gasteiger partial charge is 0.433 e. The Balaban J connectivity index is 3.61. The van der Waals surface area contributed by atoms with Crippen molar-refractivity contribution in [3.05, 3.63) is 0 Å². The predicted molar refractivity (Wildman–Crippen MR) is 56.6 cm³/mol. The minimum Gasteiger partial charge on any atom is -0.433 e. The van der Waals surface area contributed by atoms with Crippen LogP contribution in [0.3, 0.4) is 0 Å². The van der Waals surface area contributed by atoms with E-state index in [1.54, 1.807) is 0 Å². The second-order valence-electron chi connectivity index (χ2n) is 4.25. The third kappa shape index (κ3) is 11.2. The quantitative estimate of drug-likeness (QED) is 0.400. The number of nitrogens with zero attached hydrogens (tertiary/aromatic N) is 1. The van der Waals surface area contributed by atoms with Crippen LogP contribution in [0.15, 0.2) is 0 Å². The third-order valence-corrected chi connectivity index (χ3v) is 2.23. The largest absolute Gasteiger partial charge is 0.508 e. The molecule has 0 fully saturated rings. The summed E-state index contributed by atoms with van der Waals surface area (Å²) in [5.41, 5.74) is 0. The Bertz CT molecular complexity index is 318. The van der Waals surface area contributed by atoms with Gasteiger partial charge in [-0.1, -0.05) is 0 Å². The maximum atomic E-state index is 10.9. The molecule has 16 heavy (non-hydrogen) atoms. The van der Waals surface area contributed by atoms with Crippen LogP contribution in [-0.2, 0) is 19.6 Å². The number of likely N-dealkylation sites (N-methyl/N-ethyl adjacent to an activating group) is 1. The standard InChI is InChI=1S/C8H17NO6S/c1-9(2,3)4-5-14-8(10)15-6-7-16(11,12)13/h4-7H2,1-3H3/p+1. The van der Waals surface area contributed by atoms with Crippen LogP contribution in [0.4, 0.5) is 4.79 Å². The molecule has 0 saturated carbocycles. The highest BCUT2D eigenvalue weighted by atomic mass is 32.2. The summed E-state index contributed by atoms with van der Waals surface area (Å²) in [6.45, 7) is 0.393. The molecule has 0 aromatic rings. The van der Waals surface area contributed by atoms with E-state index in [0.29, 0.717) is 11.0 Å². The van der Waals surface area contributed by atoms with Gasteiger partial charge in [0.2, 0.25) is 0 Å². The van der Waals surface area contributed by atoms with E-state index in [0.717, 1.165) is 0 Å². The Morgan fingerprint density at radius 3 is 2.12 bits per heavy atom. The highest BCUT2D eigenvalue weighted by molar-refractivity contribution is 7.85. The number of rotatable bonds is 6. The van der Waals surface area contributed by atoms with Gasteiger partial charge in [0.1, 0.15) is 25.5 Å². The molecule has 7 nitrogen and oxygen atoms in total. The maximum Gasteiger partial charge on any atom is 0.508 e. The molecule has 0 aliphatic rings. The molecule has 0 radical (unpaired) electrons. The molecule has 0 amide bonds. The molecule has 0 aliphatic carbocycles. The molecule has 8 heteroatoms. The van der Waals surface area contributed by atoms with Gasteiger partial charge in [-0.05, 0) is 0 Å². The van der Waals surface area contributed by atoms with E-state index >= 15 is 0 Å². The SMILES string of the molecule is C[N+](C)(C)CCOC(=O)OCCS(=O)(=O)O. The highest BCUT2D eigenvalue weighted by Crippen LogP contribution is 1.92. The van der Waals surface area contributed by atoms with E-state index in [2.05, 4.69) is 9.47 Å². The molecule has 0 aromatic carbocycles. The van der Waals surface area contributed by atoms with Crippen LogP contribution >= 0.6 is 0 Å². The van der Waals surface area contributed by atoms with Gasteiger partial charge in [0.25, 0.3) is 10.1 Å². The van der Waals surface area contributed by atoms with E-state index in [9.17, 15) is 13.2 Å². The van der Waals surface area contributed by atoms with Crippen LogP contribution in [0.2, 0.25) is 0 Å². The predicted octanol–water partition coefficient (Wildman–Crippen LogP) is -0.266. The molecule has 0 bridgehead atoms. The van der Waals surface area contributed by atoms with Gasteiger partial charge in [-0.3, -0.25) is 4.55 Å². The van der Waals surface area contributed by atoms with Crippen molar-refractivity contribution < 1.29 is 31.7 Å². The van der Waals surface area contributed by atoms with Crippen LogP contribution in [0.25, 0.3) is 0 Å². The van der Waals surface area contributed by atoms with E-state index in [4.69, 9.17) is 4.55 Å². The summed E-state index contributed by atoms with van der Waals surface area (Å²) in [5.74, 6) is -0.628. The first-order chi connectivity index (χ1) is 7.10. The molecule has 0 atom stereocenters. The number of hydrogen-bond donors (Lipinski definition) is 1. The number of quaternary nitrogens is 1. The number of ether oxygens (including phenoxy) is 2. The lowest BCUT2D eigenvalue weighted by atomic mass is 10.5. The normalized spacial score (nSPS) is 12.2. The fourth-order valence-corrected chi connectivity index (χ4v) is 0.969. The first kappa shape index (κ1) is 15.1. The minimum absolute atomic E-state index is 0.189. The number of carbonyl (C=O) groups excluding carboxylic acids is 1. The zero-order valence-electron chi connectivity index (χ0n) is 9.67. The minimum atomic E-state index is -4.10. The van der Waals surface area contributed by atoms with Gasteiger partial charge in [-0.2, -0.15) is 8.42 Å². The molecule has 0 spiro atoms. The summed E-state index contributed by atoms with van der Waals surface area (Å²) in [7, 11) is 1.71. The van der Waals surface area contributed by atoms with Crippen LogP contribution < -0.4 is 0 Å². The average molecular weight is 256 g/mol.